The molecule has 0 aromatic carbocycles. The summed E-state index contributed by atoms with van der Waals surface area (Å²) in [7, 11) is 0. The van der Waals surface area contributed by atoms with Crippen molar-refractivity contribution in [2.24, 2.45) is 5.92 Å². The van der Waals surface area contributed by atoms with Crippen LogP contribution in [0.1, 0.15) is 32.1 Å². The zero-order valence-corrected chi connectivity index (χ0v) is 9.60. The topological polar surface area (TPSA) is 42.1 Å². The Morgan fingerprint density at radius 3 is 3.00 bits per heavy atom. The average molecular weight is 217 g/mol. The number of anilines is 2. The highest BCUT2D eigenvalue weighted by atomic mass is 15.2. The number of hydrogen-bond acceptors (Lipinski definition) is 3. The maximum absolute atomic E-state index is 5.83. The lowest BCUT2D eigenvalue weighted by molar-refractivity contribution is 0.341. The maximum Gasteiger partial charge on any atom is 0.130 e. The lowest BCUT2D eigenvalue weighted by Gasteiger charge is -2.32. The first-order valence-corrected chi connectivity index (χ1v) is 6.33. The lowest BCUT2D eigenvalue weighted by Crippen LogP contribution is -2.35. The monoisotopic (exact) mass is 217 g/mol. The number of hydrogen-bond donors (Lipinski definition) is 1. The summed E-state index contributed by atoms with van der Waals surface area (Å²) >= 11 is 0. The van der Waals surface area contributed by atoms with Crippen molar-refractivity contribution in [1.29, 1.82) is 0 Å². The van der Waals surface area contributed by atoms with Crippen molar-refractivity contribution < 1.29 is 0 Å². The standard InChI is InChI=1S/C13H19N3/c14-11-5-7-15-13(9-11)16-8-6-10-3-1-2-4-12(10)16/h5,7,9-10,12H,1-4,6,8H2,(H2,14,15). The lowest BCUT2D eigenvalue weighted by atomic mass is 9.85. The molecule has 3 nitrogen and oxygen atoms in total. The van der Waals surface area contributed by atoms with E-state index in [0.29, 0.717) is 0 Å². The zero-order valence-electron chi connectivity index (χ0n) is 9.60. The molecule has 0 spiro atoms. The molecule has 1 aliphatic heterocycles. The fourth-order valence-corrected chi connectivity index (χ4v) is 3.28. The van der Waals surface area contributed by atoms with Gasteiger partial charge in [0.05, 0.1) is 0 Å². The molecule has 0 radical (unpaired) electrons. The minimum Gasteiger partial charge on any atom is -0.399 e. The van der Waals surface area contributed by atoms with Crippen LogP contribution in [-0.2, 0) is 0 Å². The van der Waals surface area contributed by atoms with Crippen LogP contribution in [0.5, 0.6) is 0 Å². The van der Waals surface area contributed by atoms with Gasteiger partial charge in [0.1, 0.15) is 5.82 Å². The summed E-state index contributed by atoms with van der Waals surface area (Å²) in [5.74, 6) is 1.98. The third kappa shape index (κ3) is 1.64. The highest BCUT2D eigenvalue weighted by molar-refractivity contribution is 5.51. The Morgan fingerprint density at radius 2 is 2.12 bits per heavy atom. The van der Waals surface area contributed by atoms with Crippen molar-refractivity contribution in [1.82, 2.24) is 4.98 Å². The maximum atomic E-state index is 5.83. The molecule has 2 heterocycles. The van der Waals surface area contributed by atoms with E-state index in [0.717, 1.165) is 30.0 Å². The van der Waals surface area contributed by atoms with Crippen LogP contribution in [0.2, 0.25) is 0 Å². The van der Waals surface area contributed by atoms with Gasteiger partial charge < -0.3 is 10.6 Å². The fourth-order valence-electron chi connectivity index (χ4n) is 3.28. The highest BCUT2D eigenvalue weighted by Gasteiger charge is 2.36. The van der Waals surface area contributed by atoms with Gasteiger partial charge in [0.25, 0.3) is 0 Å². The van der Waals surface area contributed by atoms with Gasteiger partial charge in [-0.3, -0.25) is 0 Å². The average Bonchev–Trinajstić information content (AvgIpc) is 2.72. The number of nitrogen functional groups attached to an aromatic ring is 1. The summed E-state index contributed by atoms with van der Waals surface area (Å²) < 4.78 is 0. The summed E-state index contributed by atoms with van der Waals surface area (Å²) in [5, 5.41) is 0. The Balaban J connectivity index is 1.85. The highest BCUT2D eigenvalue weighted by Crippen LogP contribution is 2.38. The van der Waals surface area contributed by atoms with E-state index in [1.54, 1.807) is 0 Å². The third-order valence-electron chi connectivity index (χ3n) is 4.07. The van der Waals surface area contributed by atoms with Crippen LogP contribution in [0.3, 0.4) is 0 Å². The summed E-state index contributed by atoms with van der Waals surface area (Å²) in [6.07, 6.45) is 8.69. The van der Waals surface area contributed by atoms with Gasteiger partial charge in [-0.2, -0.15) is 0 Å². The van der Waals surface area contributed by atoms with Crippen LogP contribution in [-0.4, -0.2) is 17.6 Å². The first kappa shape index (κ1) is 9.94. The Bertz CT molecular complexity index is 377. The van der Waals surface area contributed by atoms with Crippen LogP contribution in [0.25, 0.3) is 0 Å². The number of aromatic nitrogens is 1. The second-order valence-corrected chi connectivity index (χ2v) is 5.04. The van der Waals surface area contributed by atoms with Gasteiger partial charge in [0.15, 0.2) is 0 Å². The molecule has 0 amide bonds. The van der Waals surface area contributed by atoms with Gasteiger partial charge in [-0.05, 0) is 31.2 Å². The second kappa shape index (κ2) is 3.96. The van der Waals surface area contributed by atoms with Crippen LogP contribution in [0.15, 0.2) is 18.3 Å². The molecule has 1 aromatic heterocycles. The molecule has 16 heavy (non-hydrogen) atoms. The molecular weight excluding hydrogens is 198 g/mol. The van der Waals surface area contributed by atoms with Crippen molar-refractivity contribution in [2.75, 3.05) is 17.2 Å². The fraction of sp³-hybridized carbons (Fsp3) is 0.615. The number of nitrogens with two attached hydrogens (primary N) is 1. The molecule has 3 heteroatoms. The first-order valence-electron chi connectivity index (χ1n) is 6.33. The van der Waals surface area contributed by atoms with Crippen molar-refractivity contribution in [3.8, 4) is 0 Å². The predicted molar refractivity (Wildman–Crippen MR) is 66.4 cm³/mol. The van der Waals surface area contributed by atoms with Gasteiger partial charge in [-0.15, -0.1) is 0 Å². The number of nitrogens with zero attached hydrogens (tertiary/aromatic N) is 2. The summed E-state index contributed by atoms with van der Waals surface area (Å²) in [6.45, 7) is 1.16. The minimum atomic E-state index is 0.725. The normalized spacial score (nSPS) is 29.1. The Labute approximate surface area is 96.7 Å². The predicted octanol–water partition coefficient (Wildman–Crippen LogP) is 2.43. The van der Waals surface area contributed by atoms with E-state index in [-0.39, 0.29) is 0 Å². The molecule has 1 aromatic rings. The molecule has 0 bridgehead atoms. The van der Waals surface area contributed by atoms with Crippen molar-refractivity contribution in [3.63, 3.8) is 0 Å². The van der Waals surface area contributed by atoms with Crippen molar-refractivity contribution in [3.05, 3.63) is 18.3 Å². The molecule has 2 N–H and O–H groups in total. The largest absolute Gasteiger partial charge is 0.399 e. The molecule has 1 aliphatic carbocycles. The van der Waals surface area contributed by atoms with E-state index >= 15 is 0 Å². The van der Waals surface area contributed by atoms with Crippen LogP contribution in [0.4, 0.5) is 11.5 Å². The van der Waals surface area contributed by atoms with E-state index in [1.807, 2.05) is 18.3 Å². The van der Waals surface area contributed by atoms with Crippen LogP contribution >= 0.6 is 0 Å². The molecule has 3 rings (SSSR count). The number of pyridine rings is 1. The van der Waals surface area contributed by atoms with Crippen LogP contribution < -0.4 is 10.6 Å². The molecule has 2 aliphatic rings. The summed E-state index contributed by atoms with van der Waals surface area (Å²) in [5.41, 5.74) is 6.65. The third-order valence-corrected chi connectivity index (χ3v) is 4.07. The Kier molecular flexibility index (Phi) is 2.46. The minimum absolute atomic E-state index is 0.725. The van der Waals surface area contributed by atoms with E-state index in [1.165, 1.54) is 32.1 Å². The molecule has 2 unspecified atom stereocenters. The van der Waals surface area contributed by atoms with Gasteiger partial charge in [0.2, 0.25) is 0 Å². The van der Waals surface area contributed by atoms with E-state index in [4.69, 9.17) is 5.73 Å². The van der Waals surface area contributed by atoms with Crippen molar-refractivity contribution in [2.45, 2.75) is 38.1 Å². The van der Waals surface area contributed by atoms with Gasteiger partial charge in [-0.1, -0.05) is 12.8 Å². The Morgan fingerprint density at radius 1 is 1.25 bits per heavy atom. The van der Waals surface area contributed by atoms with Gasteiger partial charge in [-0.25, -0.2) is 4.98 Å². The summed E-state index contributed by atoms with van der Waals surface area (Å²) in [4.78, 5) is 6.93. The van der Waals surface area contributed by atoms with Crippen LogP contribution in [0, 0.1) is 5.92 Å². The van der Waals surface area contributed by atoms with Gasteiger partial charge in [0, 0.05) is 30.5 Å². The van der Waals surface area contributed by atoms with Crippen molar-refractivity contribution >= 4 is 11.5 Å². The Hall–Kier alpha value is -1.25. The zero-order chi connectivity index (χ0) is 11.0. The smallest absolute Gasteiger partial charge is 0.130 e. The molecule has 1 saturated carbocycles. The van der Waals surface area contributed by atoms with E-state index < -0.39 is 0 Å². The van der Waals surface area contributed by atoms with E-state index in [2.05, 4.69) is 9.88 Å². The number of fused-ring (bicyclic) bond motifs is 1. The second-order valence-electron chi connectivity index (χ2n) is 5.04. The first-order chi connectivity index (χ1) is 7.84. The summed E-state index contributed by atoms with van der Waals surface area (Å²) in [6, 6.07) is 4.59. The molecule has 86 valence electrons. The number of rotatable bonds is 1. The molecule has 2 atom stereocenters. The van der Waals surface area contributed by atoms with E-state index in [9.17, 15) is 0 Å². The molecule has 2 fully saturated rings. The molecular formula is C13H19N3. The molecule has 1 saturated heterocycles. The quantitative estimate of drug-likeness (QED) is 0.785. The SMILES string of the molecule is Nc1ccnc(N2CCC3CCCCC32)c1. The van der Waals surface area contributed by atoms with Gasteiger partial charge >= 0.3 is 0 Å².